The molecule has 1 unspecified atom stereocenters. The van der Waals surface area contributed by atoms with E-state index >= 15 is 0 Å². The van der Waals surface area contributed by atoms with Gasteiger partial charge in [-0.2, -0.15) is 0 Å². The lowest BCUT2D eigenvalue weighted by Crippen LogP contribution is -2.29. The molecule has 3 N–H and O–H groups in total. The standard InChI is InChI=1S/C14H14FIN2O/c1-19-13-6-5-10(8-12(13)15)14(18-17)9-3-2-4-11(16)7-9/h2-8,14,18H,17H2,1H3. The minimum atomic E-state index is -0.397. The summed E-state index contributed by atoms with van der Waals surface area (Å²) < 4.78 is 19.8. The number of nitrogens with two attached hydrogens (primary N) is 1. The molecule has 0 aliphatic rings. The fraction of sp³-hybridized carbons (Fsp3) is 0.143. The molecule has 2 aromatic carbocycles. The number of benzene rings is 2. The predicted octanol–water partition coefficient (Wildman–Crippen LogP) is 2.99. The molecule has 0 aliphatic carbocycles. The van der Waals surface area contributed by atoms with Crippen molar-refractivity contribution in [3.05, 3.63) is 63.0 Å². The van der Waals surface area contributed by atoms with Gasteiger partial charge in [0.25, 0.3) is 0 Å². The molecule has 3 nitrogen and oxygen atoms in total. The largest absolute Gasteiger partial charge is 0.494 e. The Morgan fingerprint density at radius 2 is 1.95 bits per heavy atom. The molecule has 2 rings (SSSR count). The molecule has 5 heteroatoms. The molecule has 0 saturated carbocycles. The second kappa shape index (κ2) is 6.31. The highest BCUT2D eigenvalue weighted by Crippen LogP contribution is 2.26. The summed E-state index contributed by atoms with van der Waals surface area (Å²) in [5.74, 6) is 5.43. The average Bonchev–Trinajstić information content (AvgIpc) is 2.40. The molecule has 0 saturated heterocycles. The van der Waals surface area contributed by atoms with E-state index in [4.69, 9.17) is 10.6 Å². The quantitative estimate of drug-likeness (QED) is 0.493. The van der Waals surface area contributed by atoms with Crippen LogP contribution in [0.1, 0.15) is 17.2 Å². The maximum atomic E-state index is 13.7. The predicted molar refractivity (Wildman–Crippen MR) is 81.3 cm³/mol. The lowest BCUT2D eigenvalue weighted by Gasteiger charge is -2.17. The number of rotatable bonds is 4. The fourth-order valence-electron chi connectivity index (χ4n) is 1.93. The summed E-state index contributed by atoms with van der Waals surface area (Å²) in [4.78, 5) is 0. The Morgan fingerprint density at radius 1 is 1.21 bits per heavy atom. The monoisotopic (exact) mass is 372 g/mol. The molecule has 100 valence electrons. The Hall–Kier alpha value is -1.18. The van der Waals surface area contributed by atoms with E-state index in [0.717, 1.165) is 14.7 Å². The van der Waals surface area contributed by atoms with Crippen molar-refractivity contribution in [2.45, 2.75) is 6.04 Å². The van der Waals surface area contributed by atoms with E-state index in [9.17, 15) is 4.39 Å². The normalized spacial score (nSPS) is 12.2. The molecule has 0 aromatic heterocycles. The van der Waals surface area contributed by atoms with Gasteiger partial charge in [0.2, 0.25) is 0 Å². The van der Waals surface area contributed by atoms with Crippen molar-refractivity contribution in [2.24, 2.45) is 5.84 Å². The third-order valence-corrected chi connectivity index (χ3v) is 3.53. The van der Waals surface area contributed by atoms with E-state index in [1.807, 2.05) is 24.3 Å². The van der Waals surface area contributed by atoms with E-state index in [-0.39, 0.29) is 11.8 Å². The SMILES string of the molecule is COc1ccc(C(NN)c2cccc(I)c2)cc1F. The number of hydrogen-bond acceptors (Lipinski definition) is 3. The number of halogens is 2. The van der Waals surface area contributed by atoms with Crippen molar-refractivity contribution in [1.82, 2.24) is 5.43 Å². The highest BCUT2D eigenvalue weighted by atomic mass is 127. The topological polar surface area (TPSA) is 47.3 Å². The molecular formula is C14H14FIN2O. The molecule has 0 amide bonds. The first kappa shape index (κ1) is 14.2. The number of hydrogen-bond donors (Lipinski definition) is 2. The summed E-state index contributed by atoms with van der Waals surface area (Å²) in [7, 11) is 1.44. The van der Waals surface area contributed by atoms with Gasteiger partial charge in [0.15, 0.2) is 11.6 Å². The van der Waals surface area contributed by atoms with Gasteiger partial charge >= 0.3 is 0 Å². The van der Waals surface area contributed by atoms with Crippen LogP contribution in [0.25, 0.3) is 0 Å². The third-order valence-electron chi connectivity index (χ3n) is 2.86. The average molecular weight is 372 g/mol. The second-order valence-electron chi connectivity index (χ2n) is 4.05. The van der Waals surface area contributed by atoms with Gasteiger partial charge in [-0.3, -0.25) is 5.84 Å². The Morgan fingerprint density at radius 3 is 2.53 bits per heavy atom. The summed E-state index contributed by atoms with van der Waals surface area (Å²) in [5.41, 5.74) is 4.45. The van der Waals surface area contributed by atoms with Crippen LogP contribution in [0.3, 0.4) is 0 Å². The first-order chi connectivity index (χ1) is 9.15. The van der Waals surface area contributed by atoms with Crippen LogP contribution in [0.4, 0.5) is 4.39 Å². The van der Waals surface area contributed by atoms with Gasteiger partial charge in [-0.15, -0.1) is 0 Å². The molecule has 0 spiro atoms. The smallest absolute Gasteiger partial charge is 0.165 e. The lowest BCUT2D eigenvalue weighted by atomic mass is 9.99. The maximum absolute atomic E-state index is 13.7. The molecule has 0 bridgehead atoms. The van der Waals surface area contributed by atoms with Crippen molar-refractivity contribution >= 4 is 22.6 Å². The van der Waals surface area contributed by atoms with Gasteiger partial charge < -0.3 is 4.74 Å². The van der Waals surface area contributed by atoms with Crippen molar-refractivity contribution in [3.63, 3.8) is 0 Å². The van der Waals surface area contributed by atoms with Crippen LogP contribution in [0.5, 0.6) is 5.75 Å². The van der Waals surface area contributed by atoms with E-state index in [1.165, 1.54) is 13.2 Å². The molecule has 0 aliphatic heterocycles. The Labute approximate surface area is 125 Å². The van der Waals surface area contributed by atoms with Crippen LogP contribution in [0.2, 0.25) is 0 Å². The Kier molecular flexibility index (Phi) is 4.73. The summed E-state index contributed by atoms with van der Waals surface area (Å²) in [6, 6.07) is 12.5. The molecule has 0 fully saturated rings. The van der Waals surface area contributed by atoms with Crippen molar-refractivity contribution in [3.8, 4) is 5.75 Å². The summed E-state index contributed by atoms with van der Waals surface area (Å²) >= 11 is 2.23. The number of hydrazine groups is 1. The van der Waals surface area contributed by atoms with E-state index in [2.05, 4.69) is 28.0 Å². The van der Waals surface area contributed by atoms with Crippen molar-refractivity contribution in [1.29, 1.82) is 0 Å². The van der Waals surface area contributed by atoms with E-state index < -0.39 is 5.82 Å². The zero-order chi connectivity index (χ0) is 13.8. The first-order valence-corrected chi connectivity index (χ1v) is 6.78. The summed E-state index contributed by atoms with van der Waals surface area (Å²) in [5, 5.41) is 0. The summed E-state index contributed by atoms with van der Waals surface area (Å²) in [6.07, 6.45) is 0. The highest BCUT2D eigenvalue weighted by Gasteiger charge is 2.14. The van der Waals surface area contributed by atoms with Crippen molar-refractivity contribution < 1.29 is 9.13 Å². The van der Waals surface area contributed by atoms with E-state index in [1.54, 1.807) is 12.1 Å². The number of nitrogens with one attached hydrogen (secondary N) is 1. The van der Waals surface area contributed by atoms with Crippen LogP contribution in [-0.2, 0) is 0 Å². The van der Waals surface area contributed by atoms with Gasteiger partial charge in [-0.1, -0.05) is 18.2 Å². The minimum Gasteiger partial charge on any atom is -0.494 e. The first-order valence-electron chi connectivity index (χ1n) is 5.70. The molecule has 1 atom stereocenters. The molecule has 19 heavy (non-hydrogen) atoms. The zero-order valence-corrected chi connectivity index (χ0v) is 12.5. The minimum absolute atomic E-state index is 0.224. The van der Waals surface area contributed by atoms with Crippen LogP contribution in [0, 0.1) is 9.39 Å². The zero-order valence-electron chi connectivity index (χ0n) is 10.4. The molecule has 0 radical (unpaired) electrons. The molecule has 0 heterocycles. The number of ether oxygens (including phenoxy) is 1. The Balaban J connectivity index is 2.39. The van der Waals surface area contributed by atoms with Gasteiger partial charge in [0, 0.05) is 3.57 Å². The van der Waals surface area contributed by atoms with Crippen LogP contribution in [0.15, 0.2) is 42.5 Å². The van der Waals surface area contributed by atoms with Gasteiger partial charge in [-0.25, -0.2) is 9.82 Å². The maximum Gasteiger partial charge on any atom is 0.165 e. The Bertz CT molecular complexity index is 577. The van der Waals surface area contributed by atoms with Crippen LogP contribution >= 0.6 is 22.6 Å². The van der Waals surface area contributed by atoms with Crippen LogP contribution in [-0.4, -0.2) is 7.11 Å². The lowest BCUT2D eigenvalue weighted by molar-refractivity contribution is 0.385. The molecule has 2 aromatic rings. The van der Waals surface area contributed by atoms with Crippen molar-refractivity contribution in [2.75, 3.05) is 7.11 Å². The molecular weight excluding hydrogens is 358 g/mol. The van der Waals surface area contributed by atoms with Gasteiger partial charge in [-0.05, 0) is 58.0 Å². The van der Waals surface area contributed by atoms with Gasteiger partial charge in [0.1, 0.15) is 0 Å². The fourth-order valence-corrected chi connectivity index (χ4v) is 2.50. The summed E-state index contributed by atoms with van der Waals surface area (Å²) in [6.45, 7) is 0. The third kappa shape index (κ3) is 3.23. The second-order valence-corrected chi connectivity index (χ2v) is 5.29. The highest BCUT2D eigenvalue weighted by molar-refractivity contribution is 14.1. The number of methoxy groups -OCH3 is 1. The van der Waals surface area contributed by atoms with Crippen LogP contribution < -0.4 is 16.0 Å². The van der Waals surface area contributed by atoms with Gasteiger partial charge in [0.05, 0.1) is 13.2 Å². The van der Waals surface area contributed by atoms with E-state index in [0.29, 0.717) is 0 Å².